The number of Topliss-reactive ketones (excluding diaryl/α,β-unsaturated/α-hetero) is 1. The van der Waals surface area contributed by atoms with Gasteiger partial charge in [-0.05, 0) is 31.3 Å². The van der Waals surface area contributed by atoms with Gasteiger partial charge < -0.3 is 19.7 Å². The Bertz CT molecular complexity index is 548. The van der Waals surface area contributed by atoms with Crippen molar-refractivity contribution in [1.29, 1.82) is 0 Å². The maximum atomic E-state index is 11.9. The molecule has 7 heteroatoms. The van der Waals surface area contributed by atoms with Gasteiger partial charge in [0.2, 0.25) is 0 Å². The molecule has 0 aliphatic heterocycles. The van der Waals surface area contributed by atoms with E-state index in [4.69, 9.17) is 0 Å². The second-order valence-electron chi connectivity index (χ2n) is 5.90. The zero-order valence-corrected chi connectivity index (χ0v) is 14.7. The van der Waals surface area contributed by atoms with Crippen LogP contribution >= 0.6 is 0 Å². The van der Waals surface area contributed by atoms with Crippen molar-refractivity contribution in [2.45, 2.75) is 57.2 Å². The summed E-state index contributed by atoms with van der Waals surface area (Å²) < 4.78 is 9.10. The van der Waals surface area contributed by atoms with Crippen LogP contribution in [0.2, 0.25) is 0 Å². The van der Waals surface area contributed by atoms with E-state index in [0.29, 0.717) is 36.8 Å². The highest BCUT2D eigenvalue weighted by Gasteiger charge is 2.29. The van der Waals surface area contributed by atoms with Crippen LogP contribution in [0.5, 0.6) is 0 Å². The van der Waals surface area contributed by atoms with Gasteiger partial charge in [0, 0.05) is 24.8 Å². The number of allylic oxidation sites excluding steroid dienone is 1. The number of carbonyl (C=O) groups is 3. The molecule has 0 heterocycles. The average molecular weight is 354 g/mol. The lowest BCUT2D eigenvalue weighted by atomic mass is 10.0. The van der Waals surface area contributed by atoms with Crippen molar-refractivity contribution >= 4 is 17.7 Å². The lowest BCUT2D eigenvalue weighted by Gasteiger charge is -2.08. The molecule has 0 spiro atoms. The maximum absolute atomic E-state index is 11.9. The molecule has 1 rings (SSSR count). The minimum atomic E-state index is -0.914. The molecule has 1 aliphatic carbocycles. The Labute approximate surface area is 147 Å². The van der Waals surface area contributed by atoms with Crippen LogP contribution in [0.3, 0.4) is 0 Å². The van der Waals surface area contributed by atoms with E-state index in [9.17, 15) is 24.6 Å². The number of methoxy groups -OCH3 is 2. The molecule has 0 amide bonds. The summed E-state index contributed by atoms with van der Waals surface area (Å²) in [6.07, 6.45) is 3.71. The monoisotopic (exact) mass is 354 g/mol. The summed E-state index contributed by atoms with van der Waals surface area (Å²) in [4.78, 5) is 34.2. The Kier molecular flexibility index (Phi) is 9.08. The van der Waals surface area contributed by atoms with Gasteiger partial charge in [0.05, 0.1) is 26.4 Å². The summed E-state index contributed by atoms with van der Waals surface area (Å²) in [5.41, 5.74) is 0.856. The van der Waals surface area contributed by atoms with Gasteiger partial charge >= 0.3 is 11.9 Å². The van der Waals surface area contributed by atoms with Crippen molar-refractivity contribution in [3.8, 4) is 0 Å². The first-order valence-electron chi connectivity index (χ1n) is 8.33. The zero-order chi connectivity index (χ0) is 18.8. The second-order valence-corrected chi connectivity index (χ2v) is 5.90. The number of aliphatic hydroxyl groups is 2. The first-order chi connectivity index (χ1) is 11.9. The van der Waals surface area contributed by atoms with Crippen molar-refractivity contribution in [2.75, 3.05) is 14.2 Å². The van der Waals surface area contributed by atoms with Gasteiger partial charge in [0.1, 0.15) is 0 Å². The molecule has 0 aromatic rings. The highest BCUT2D eigenvalue weighted by atomic mass is 16.5. The molecule has 140 valence electrons. The average Bonchev–Trinajstić information content (AvgIpc) is 2.87. The van der Waals surface area contributed by atoms with E-state index in [1.54, 1.807) is 6.08 Å². The summed E-state index contributed by atoms with van der Waals surface area (Å²) in [5.74, 6) is -0.891. The molecule has 2 N–H and O–H groups in total. The first-order valence-corrected chi connectivity index (χ1v) is 8.33. The molecule has 25 heavy (non-hydrogen) atoms. The Balaban J connectivity index is 2.57. The topological polar surface area (TPSA) is 110 Å². The van der Waals surface area contributed by atoms with Crippen LogP contribution in [0.4, 0.5) is 0 Å². The minimum Gasteiger partial charge on any atom is -0.469 e. The second kappa shape index (κ2) is 10.8. The summed E-state index contributed by atoms with van der Waals surface area (Å²) >= 11 is 0. The van der Waals surface area contributed by atoms with Crippen molar-refractivity contribution in [3.63, 3.8) is 0 Å². The highest BCUT2D eigenvalue weighted by Crippen LogP contribution is 2.28. The predicted molar refractivity (Wildman–Crippen MR) is 89.5 cm³/mol. The minimum absolute atomic E-state index is 0.00853. The fraction of sp³-hybridized carbons (Fsp3) is 0.611. The van der Waals surface area contributed by atoms with Crippen LogP contribution in [0.1, 0.15) is 44.9 Å². The molecule has 7 nitrogen and oxygen atoms in total. The molecular weight excluding hydrogens is 328 g/mol. The van der Waals surface area contributed by atoms with Gasteiger partial charge in [-0.15, -0.1) is 0 Å². The third-order valence-electron chi connectivity index (χ3n) is 4.09. The number of rotatable bonds is 10. The first kappa shape index (κ1) is 21.1. The summed E-state index contributed by atoms with van der Waals surface area (Å²) in [7, 11) is 2.61. The number of unbranched alkanes of at least 4 members (excludes halogenated alkanes) is 1. The van der Waals surface area contributed by atoms with Crippen molar-refractivity contribution < 1.29 is 34.1 Å². The number of ether oxygens (including phenoxy) is 2. The zero-order valence-electron chi connectivity index (χ0n) is 14.7. The van der Waals surface area contributed by atoms with E-state index in [1.165, 1.54) is 20.3 Å². The van der Waals surface area contributed by atoms with Crippen LogP contribution < -0.4 is 0 Å². The van der Waals surface area contributed by atoms with Gasteiger partial charge in [0.25, 0.3) is 0 Å². The molecular formula is C18H26O7. The Morgan fingerprint density at radius 2 is 1.84 bits per heavy atom. The standard InChI is InChI=1S/C18H26O7/c1-24-17(22)6-4-3-5-12(19)7-8-13-14(9-10-18(23)25-2)16(21)11-15(13)20/h7-8,12,15,19-20H,3-6,9-11H2,1-2H3. The van der Waals surface area contributed by atoms with Crippen LogP contribution in [-0.4, -0.2) is 54.4 Å². The predicted octanol–water partition coefficient (Wildman–Crippen LogP) is 1.22. The third-order valence-corrected chi connectivity index (χ3v) is 4.09. The third kappa shape index (κ3) is 7.19. The molecule has 0 fully saturated rings. The number of esters is 2. The summed E-state index contributed by atoms with van der Waals surface area (Å²) in [6, 6.07) is 0. The van der Waals surface area contributed by atoms with E-state index in [-0.39, 0.29) is 31.0 Å². The fourth-order valence-electron chi connectivity index (χ4n) is 2.63. The van der Waals surface area contributed by atoms with Crippen molar-refractivity contribution in [2.24, 2.45) is 0 Å². The SMILES string of the molecule is COC(=O)CCCCC(O)C=CC1=C(CCC(=O)OC)C(=O)CC1O. The van der Waals surface area contributed by atoms with E-state index in [2.05, 4.69) is 9.47 Å². The fourth-order valence-corrected chi connectivity index (χ4v) is 2.63. The van der Waals surface area contributed by atoms with Gasteiger partial charge in [-0.25, -0.2) is 0 Å². The molecule has 0 saturated carbocycles. The quantitative estimate of drug-likeness (QED) is 0.448. The highest BCUT2D eigenvalue weighted by molar-refractivity contribution is 6.00. The molecule has 2 unspecified atom stereocenters. The molecule has 1 aliphatic rings. The van der Waals surface area contributed by atoms with E-state index in [1.807, 2.05) is 0 Å². The van der Waals surface area contributed by atoms with Crippen LogP contribution in [0, 0.1) is 0 Å². The van der Waals surface area contributed by atoms with Gasteiger partial charge in [-0.1, -0.05) is 12.2 Å². The maximum Gasteiger partial charge on any atom is 0.305 e. The van der Waals surface area contributed by atoms with Gasteiger partial charge in [-0.2, -0.15) is 0 Å². The lowest BCUT2D eigenvalue weighted by molar-refractivity contribution is -0.141. The van der Waals surface area contributed by atoms with E-state index >= 15 is 0 Å². The molecule has 0 aromatic carbocycles. The number of ketones is 1. The molecule has 0 aromatic heterocycles. The Morgan fingerprint density at radius 3 is 2.48 bits per heavy atom. The van der Waals surface area contributed by atoms with Crippen molar-refractivity contribution in [3.05, 3.63) is 23.3 Å². The normalized spacial score (nSPS) is 18.7. The number of hydrogen-bond donors (Lipinski definition) is 2. The molecule has 0 bridgehead atoms. The number of hydrogen-bond acceptors (Lipinski definition) is 7. The van der Waals surface area contributed by atoms with Gasteiger partial charge in [0.15, 0.2) is 5.78 Å². The van der Waals surface area contributed by atoms with Crippen LogP contribution in [-0.2, 0) is 23.9 Å². The molecule has 0 saturated heterocycles. The molecule has 0 radical (unpaired) electrons. The lowest BCUT2D eigenvalue weighted by Crippen LogP contribution is -2.07. The molecule has 2 atom stereocenters. The number of aliphatic hydroxyl groups excluding tert-OH is 2. The van der Waals surface area contributed by atoms with E-state index in [0.717, 1.165) is 0 Å². The van der Waals surface area contributed by atoms with Crippen LogP contribution in [0.15, 0.2) is 23.3 Å². The summed E-state index contributed by atoms with van der Waals surface area (Å²) in [6.45, 7) is 0. The number of carbonyl (C=O) groups excluding carboxylic acids is 3. The Hall–Kier alpha value is -1.99. The van der Waals surface area contributed by atoms with Crippen LogP contribution in [0.25, 0.3) is 0 Å². The smallest absolute Gasteiger partial charge is 0.305 e. The Morgan fingerprint density at radius 1 is 1.20 bits per heavy atom. The van der Waals surface area contributed by atoms with Gasteiger partial charge in [-0.3, -0.25) is 14.4 Å². The van der Waals surface area contributed by atoms with Crippen molar-refractivity contribution in [1.82, 2.24) is 0 Å². The van der Waals surface area contributed by atoms with E-state index < -0.39 is 18.2 Å². The largest absolute Gasteiger partial charge is 0.469 e. The summed E-state index contributed by atoms with van der Waals surface area (Å²) in [5, 5.41) is 19.9.